The molecule has 0 fully saturated rings. The molecule has 0 aliphatic heterocycles. The van der Waals surface area contributed by atoms with Crippen LogP contribution >= 0.6 is 0 Å². The lowest BCUT2D eigenvalue weighted by atomic mass is 9.97. The standard InChI is InChI=1S/C5H15N3/c1-5(2,8)4(7)3-6/h4H,3,6-8H2,1-2H3. The minimum Gasteiger partial charge on any atom is -0.329 e. The van der Waals surface area contributed by atoms with Crippen LogP contribution in [0.4, 0.5) is 0 Å². The molecule has 0 aromatic carbocycles. The molecule has 0 heterocycles. The first-order valence-corrected chi connectivity index (χ1v) is 2.73. The summed E-state index contributed by atoms with van der Waals surface area (Å²) < 4.78 is 0. The summed E-state index contributed by atoms with van der Waals surface area (Å²) in [6.45, 7) is 4.18. The van der Waals surface area contributed by atoms with Gasteiger partial charge in [-0.1, -0.05) is 0 Å². The van der Waals surface area contributed by atoms with E-state index in [-0.39, 0.29) is 11.6 Å². The largest absolute Gasteiger partial charge is 0.329 e. The molecule has 0 saturated heterocycles. The summed E-state index contributed by atoms with van der Waals surface area (Å²) in [6.07, 6.45) is 0. The fourth-order valence-electron chi connectivity index (χ4n) is 0.304. The van der Waals surface area contributed by atoms with Gasteiger partial charge in [-0.15, -0.1) is 0 Å². The first-order valence-electron chi connectivity index (χ1n) is 2.73. The third-order valence-electron chi connectivity index (χ3n) is 1.21. The molecule has 50 valence electrons. The number of hydrogen-bond acceptors (Lipinski definition) is 3. The van der Waals surface area contributed by atoms with Crippen LogP contribution in [0, 0.1) is 0 Å². The molecule has 1 unspecified atom stereocenters. The molecule has 0 spiro atoms. The Kier molecular flexibility index (Phi) is 2.40. The smallest absolute Gasteiger partial charge is 0.0340 e. The third-order valence-corrected chi connectivity index (χ3v) is 1.21. The molecular weight excluding hydrogens is 102 g/mol. The van der Waals surface area contributed by atoms with Crippen molar-refractivity contribution < 1.29 is 0 Å². The average molecular weight is 117 g/mol. The number of nitrogens with two attached hydrogens (primary N) is 3. The predicted molar refractivity (Wildman–Crippen MR) is 35.3 cm³/mol. The highest BCUT2D eigenvalue weighted by Gasteiger charge is 2.18. The van der Waals surface area contributed by atoms with Gasteiger partial charge in [0.15, 0.2) is 0 Å². The zero-order chi connectivity index (χ0) is 6.78. The summed E-state index contributed by atoms with van der Waals surface area (Å²) in [5.74, 6) is 0. The Labute approximate surface area is 50.2 Å². The second-order valence-electron chi connectivity index (χ2n) is 2.66. The van der Waals surface area contributed by atoms with Gasteiger partial charge in [0.05, 0.1) is 0 Å². The van der Waals surface area contributed by atoms with Crippen LogP contribution in [0.5, 0.6) is 0 Å². The second-order valence-corrected chi connectivity index (χ2v) is 2.66. The molecule has 0 radical (unpaired) electrons. The van der Waals surface area contributed by atoms with Gasteiger partial charge in [-0.2, -0.15) is 0 Å². The van der Waals surface area contributed by atoms with Crippen LogP contribution < -0.4 is 17.2 Å². The van der Waals surface area contributed by atoms with E-state index in [2.05, 4.69) is 0 Å². The minimum absolute atomic E-state index is 0.0949. The molecule has 0 aliphatic carbocycles. The summed E-state index contributed by atoms with van der Waals surface area (Å²) in [6, 6.07) is -0.0949. The van der Waals surface area contributed by atoms with E-state index in [1.807, 2.05) is 13.8 Å². The monoisotopic (exact) mass is 117 g/mol. The van der Waals surface area contributed by atoms with E-state index in [4.69, 9.17) is 17.2 Å². The maximum Gasteiger partial charge on any atom is 0.0340 e. The average Bonchev–Trinajstić information content (AvgIpc) is 1.62. The summed E-state index contributed by atoms with van der Waals surface area (Å²) in [4.78, 5) is 0. The molecule has 0 aliphatic rings. The highest BCUT2D eigenvalue weighted by Crippen LogP contribution is 1.98. The van der Waals surface area contributed by atoms with Crippen molar-refractivity contribution in [3.63, 3.8) is 0 Å². The van der Waals surface area contributed by atoms with Crippen LogP contribution in [0.3, 0.4) is 0 Å². The van der Waals surface area contributed by atoms with Gasteiger partial charge >= 0.3 is 0 Å². The van der Waals surface area contributed by atoms with Crippen LogP contribution in [-0.2, 0) is 0 Å². The van der Waals surface area contributed by atoms with Gasteiger partial charge in [-0.25, -0.2) is 0 Å². The minimum atomic E-state index is -0.339. The van der Waals surface area contributed by atoms with Crippen LogP contribution in [0.1, 0.15) is 13.8 Å². The summed E-state index contributed by atoms with van der Waals surface area (Å²) in [5.41, 5.74) is 16.0. The Morgan fingerprint density at radius 1 is 1.50 bits per heavy atom. The van der Waals surface area contributed by atoms with E-state index < -0.39 is 0 Å². The van der Waals surface area contributed by atoms with E-state index in [1.165, 1.54) is 0 Å². The highest BCUT2D eigenvalue weighted by molar-refractivity contribution is 4.85. The van der Waals surface area contributed by atoms with Gasteiger partial charge < -0.3 is 17.2 Å². The molecule has 1 atom stereocenters. The fraction of sp³-hybridized carbons (Fsp3) is 1.00. The first kappa shape index (κ1) is 7.88. The van der Waals surface area contributed by atoms with E-state index in [1.54, 1.807) is 0 Å². The van der Waals surface area contributed by atoms with Crippen molar-refractivity contribution in [2.45, 2.75) is 25.4 Å². The summed E-state index contributed by atoms with van der Waals surface area (Å²) in [5, 5.41) is 0. The quantitative estimate of drug-likeness (QED) is 0.434. The lowest BCUT2D eigenvalue weighted by Crippen LogP contribution is -2.54. The zero-order valence-electron chi connectivity index (χ0n) is 5.52. The first-order chi connectivity index (χ1) is 3.48. The highest BCUT2D eigenvalue weighted by atomic mass is 14.9. The lowest BCUT2D eigenvalue weighted by Gasteiger charge is -2.25. The maximum atomic E-state index is 5.58. The Balaban J connectivity index is 3.62. The van der Waals surface area contributed by atoms with Crippen molar-refractivity contribution >= 4 is 0 Å². The molecular formula is C5H15N3. The summed E-state index contributed by atoms with van der Waals surface area (Å²) in [7, 11) is 0. The van der Waals surface area contributed by atoms with Gasteiger partial charge in [0.1, 0.15) is 0 Å². The molecule has 3 nitrogen and oxygen atoms in total. The van der Waals surface area contributed by atoms with Crippen LogP contribution in [0.2, 0.25) is 0 Å². The summed E-state index contributed by atoms with van der Waals surface area (Å²) >= 11 is 0. The fourth-order valence-corrected chi connectivity index (χ4v) is 0.304. The zero-order valence-corrected chi connectivity index (χ0v) is 5.52. The molecule has 0 saturated carbocycles. The van der Waals surface area contributed by atoms with E-state index in [0.717, 1.165) is 0 Å². The molecule has 0 aromatic heterocycles. The number of hydrogen-bond donors (Lipinski definition) is 3. The van der Waals surface area contributed by atoms with E-state index >= 15 is 0 Å². The Bertz CT molecular complexity index is 64.6. The molecule has 0 rings (SSSR count). The molecule has 0 bridgehead atoms. The van der Waals surface area contributed by atoms with Crippen LogP contribution in [0.25, 0.3) is 0 Å². The predicted octanol–water partition coefficient (Wildman–Crippen LogP) is -0.990. The van der Waals surface area contributed by atoms with Crippen molar-refractivity contribution in [3.05, 3.63) is 0 Å². The van der Waals surface area contributed by atoms with Crippen LogP contribution in [0.15, 0.2) is 0 Å². The molecule has 3 heteroatoms. The van der Waals surface area contributed by atoms with Gasteiger partial charge in [0, 0.05) is 18.1 Å². The lowest BCUT2D eigenvalue weighted by molar-refractivity contribution is 0.415. The Morgan fingerprint density at radius 3 is 1.88 bits per heavy atom. The van der Waals surface area contributed by atoms with Gasteiger partial charge in [-0.05, 0) is 13.8 Å². The molecule has 0 amide bonds. The Hall–Kier alpha value is -0.120. The van der Waals surface area contributed by atoms with Gasteiger partial charge in [0.2, 0.25) is 0 Å². The van der Waals surface area contributed by atoms with Crippen molar-refractivity contribution in [3.8, 4) is 0 Å². The van der Waals surface area contributed by atoms with E-state index in [9.17, 15) is 0 Å². The molecule has 0 aromatic rings. The third kappa shape index (κ3) is 2.26. The molecule has 8 heavy (non-hydrogen) atoms. The Morgan fingerprint density at radius 2 is 1.88 bits per heavy atom. The topological polar surface area (TPSA) is 78.1 Å². The molecule has 6 N–H and O–H groups in total. The van der Waals surface area contributed by atoms with Crippen molar-refractivity contribution in [1.29, 1.82) is 0 Å². The van der Waals surface area contributed by atoms with Crippen molar-refractivity contribution in [2.75, 3.05) is 6.54 Å². The van der Waals surface area contributed by atoms with Gasteiger partial charge in [-0.3, -0.25) is 0 Å². The normalized spacial score (nSPS) is 16.1. The van der Waals surface area contributed by atoms with Crippen molar-refractivity contribution in [2.24, 2.45) is 17.2 Å². The SMILES string of the molecule is CC(C)(N)C(N)CN. The van der Waals surface area contributed by atoms with Gasteiger partial charge in [0.25, 0.3) is 0 Å². The maximum absolute atomic E-state index is 5.58. The van der Waals surface area contributed by atoms with E-state index in [0.29, 0.717) is 6.54 Å². The van der Waals surface area contributed by atoms with Crippen molar-refractivity contribution in [1.82, 2.24) is 0 Å². The second kappa shape index (κ2) is 2.44. The number of rotatable bonds is 2. The van der Waals surface area contributed by atoms with Crippen LogP contribution in [-0.4, -0.2) is 18.1 Å².